The van der Waals surface area contributed by atoms with Gasteiger partial charge in [0, 0.05) is 5.56 Å². The van der Waals surface area contributed by atoms with Crippen LogP contribution >= 0.6 is 11.6 Å². The van der Waals surface area contributed by atoms with E-state index in [9.17, 15) is 4.79 Å². The van der Waals surface area contributed by atoms with Crippen molar-refractivity contribution >= 4 is 23.2 Å². The van der Waals surface area contributed by atoms with Gasteiger partial charge in [0.15, 0.2) is 0 Å². The third kappa shape index (κ3) is 3.31. The van der Waals surface area contributed by atoms with Gasteiger partial charge in [-0.05, 0) is 37.6 Å². The van der Waals surface area contributed by atoms with Crippen LogP contribution in [-0.2, 0) is 0 Å². The highest BCUT2D eigenvalue weighted by Crippen LogP contribution is 2.20. The summed E-state index contributed by atoms with van der Waals surface area (Å²) in [5.41, 5.74) is 8.87. The highest BCUT2D eigenvalue weighted by atomic mass is 35.5. The Morgan fingerprint density at radius 2 is 1.85 bits per heavy atom. The molecular weight excluding hydrogens is 272 g/mol. The summed E-state index contributed by atoms with van der Waals surface area (Å²) in [7, 11) is 0. The fourth-order valence-corrected chi connectivity index (χ4v) is 2.02. The van der Waals surface area contributed by atoms with Crippen molar-refractivity contribution in [2.24, 2.45) is 0 Å². The molecule has 20 heavy (non-hydrogen) atoms. The molecule has 0 aromatic heterocycles. The highest BCUT2D eigenvalue weighted by Gasteiger charge is 2.12. The lowest BCUT2D eigenvalue weighted by Gasteiger charge is -2.15. The molecule has 0 radical (unpaired) electrons. The number of hydrogen-bond donors (Lipinski definition) is 2. The molecule has 0 heterocycles. The molecule has 0 fully saturated rings. The molecule has 0 unspecified atom stereocenters. The standard InChI is InChI=1S/C16H17ClN2O/c1-10-3-5-12(6-4-10)11(2)19-16(20)13-7-8-14(17)15(18)9-13/h3-9,11H,18H2,1-2H3,(H,19,20)/t11-/m1/s1. The minimum Gasteiger partial charge on any atom is -0.398 e. The number of aryl methyl sites for hydroxylation is 1. The predicted octanol–water partition coefficient (Wildman–Crippen LogP) is 3.72. The van der Waals surface area contributed by atoms with E-state index in [0.29, 0.717) is 16.3 Å². The minimum absolute atomic E-state index is 0.0694. The van der Waals surface area contributed by atoms with Gasteiger partial charge in [-0.1, -0.05) is 41.4 Å². The molecule has 104 valence electrons. The molecule has 0 aliphatic rings. The van der Waals surface area contributed by atoms with E-state index in [0.717, 1.165) is 5.56 Å². The third-order valence-electron chi connectivity index (χ3n) is 3.18. The van der Waals surface area contributed by atoms with Crippen LogP contribution in [0.4, 0.5) is 5.69 Å². The quantitative estimate of drug-likeness (QED) is 0.846. The smallest absolute Gasteiger partial charge is 0.251 e. The molecule has 0 aliphatic heterocycles. The molecular formula is C16H17ClN2O. The molecule has 0 saturated heterocycles. The number of nitrogens with two attached hydrogens (primary N) is 1. The summed E-state index contributed by atoms with van der Waals surface area (Å²) in [4.78, 5) is 12.1. The summed E-state index contributed by atoms with van der Waals surface area (Å²) in [5, 5.41) is 3.39. The molecule has 2 aromatic carbocycles. The summed E-state index contributed by atoms with van der Waals surface area (Å²) in [6, 6.07) is 12.9. The fourth-order valence-electron chi connectivity index (χ4n) is 1.90. The van der Waals surface area contributed by atoms with Gasteiger partial charge in [-0.2, -0.15) is 0 Å². The second-order valence-corrected chi connectivity index (χ2v) is 5.25. The first kappa shape index (κ1) is 14.4. The molecule has 3 nitrogen and oxygen atoms in total. The van der Waals surface area contributed by atoms with Crippen LogP contribution in [0.1, 0.15) is 34.5 Å². The number of benzene rings is 2. The van der Waals surface area contributed by atoms with E-state index < -0.39 is 0 Å². The van der Waals surface area contributed by atoms with Gasteiger partial charge in [0.05, 0.1) is 16.8 Å². The largest absolute Gasteiger partial charge is 0.398 e. The second kappa shape index (κ2) is 5.97. The number of anilines is 1. The lowest BCUT2D eigenvalue weighted by Crippen LogP contribution is -2.26. The Hall–Kier alpha value is -2.00. The Balaban J connectivity index is 2.10. The number of nitrogen functional groups attached to an aromatic ring is 1. The average Bonchev–Trinajstić information content (AvgIpc) is 2.42. The fraction of sp³-hybridized carbons (Fsp3) is 0.188. The van der Waals surface area contributed by atoms with E-state index in [1.807, 2.05) is 38.1 Å². The van der Waals surface area contributed by atoms with E-state index in [1.54, 1.807) is 18.2 Å². The SMILES string of the molecule is Cc1ccc([C@@H](C)NC(=O)c2ccc(Cl)c(N)c2)cc1. The maximum Gasteiger partial charge on any atom is 0.251 e. The molecule has 0 bridgehead atoms. The summed E-state index contributed by atoms with van der Waals surface area (Å²) in [5.74, 6) is -0.165. The normalized spacial score (nSPS) is 11.9. The zero-order chi connectivity index (χ0) is 14.7. The maximum absolute atomic E-state index is 12.1. The number of hydrogen-bond acceptors (Lipinski definition) is 2. The molecule has 1 amide bonds. The van der Waals surface area contributed by atoms with Gasteiger partial charge in [-0.3, -0.25) is 4.79 Å². The molecule has 0 aliphatic carbocycles. The van der Waals surface area contributed by atoms with E-state index in [2.05, 4.69) is 5.32 Å². The van der Waals surface area contributed by atoms with Crippen LogP contribution in [0.3, 0.4) is 0 Å². The molecule has 0 spiro atoms. The number of carbonyl (C=O) groups is 1. The van der Waals surface area contributed by atoms with E-state index in [4.69, 9.17) is 17.3 Å². The highest BCUT2D eigenvalue weighted by molar-refractivity contribution is 6.33. The number of nitrogens with one attached hydrogen (secondary N) is 1. The van der Waals surface area contributed by atoms with E-state index >= 15 is 0 Å². The first-order valence-electron chi connectivity index (χ1n) is 6.40. The van der Waals surface area contributed by atoms with Crippen molar-refractivity contribution < 1.29 is 4.79 Å². The monoisotopic (exact) mass is 288 g/mol. The third-order valence-corrected chi connectivity index (χ3v) is 3.53. The van der Waals surface area contributed by atoms with Crippen LogP contribution in [-0.4, -0.2) is 5.91 Å². The predicted molar refractivity (Wildman–Crippen MR) is 82.9 cm³/mol. The number of amides is 1. The summed E-state index contributed by atoms with van der Waals surface area (Å²) >= 11 is 5.85. The van der Waals surface area contributed by atoms with Crippen LogP contribution < -0.4 is 11.1 Å². The van der Waals surface area contributed by atoms with Crippen molar-refractivity contribution in [3.8, 4) is 0 Å². The van der Waals surface area contributed by atoms with Gasteiger partial charge in [0.1, 0.15) is 0 Å². The van der Waals surface area contributed by atoms with Crippen LogP contribution in [0.2, 0.25) is 5.02 Å². The molecule has 2 aromatic rings. The van der Waals surface area contributed by atoms with Crippen LogP contribution in [0.15, 0.2) is 42.5 Å². The maximum atomic E-state index is 12.1. The van der Waals surface area contributed by atoms with E-state index in [1.165, 1.54) is 5.56 Å². The molecule has 0 saturated carbocycles. The van der Waals surface area contributed by atoms with Gasteiger partial charge < -0.3 is 11.1 Å². The molecule has 1 atom stereocenters. The van der Waals surface area contributed by atoms with Crippen molar-refractivity contribution in [3.05, 3.63) is 64.2 Å². The Bertz CT molecular complexity index is 623. The lowest BCUT2D eigenvalue weighted by atomic mass is 10.1. The zero-order valence-corrected chi connectivity index (χ0v) is 12.2. The van der Waals surface area contributed by atoms with Gasteiger partial charge >= 0.3 is 0 Å². The van der Waals surface area contributed by atoms with Crippen LogP contribution in [0, 0.1) is 6.92 Å². The van der Waals surface area contributed by atoms with Crippen molar-refractivity contribution in [2.75, 3.05) is 5.73 Å². The summed E-state index contributed by atoms with van der Waals surface area (Å²) in [6.07, 6.45) is 0. The Morgan fingerprint density at radius 3 is 2.45 bits per heavy atom. The van der Waals surface area contributed by atoms with Gasteiger partial charge in [-0.25, -0.2) is 0 Å². The summed E-state index contributed by atoms with van der Waals surface area (Å²) < 4.78 is 0. The number of rotatable bonds is 3. The first-order chi connectivity index (χ1) is 9.47. The topological polar surface area (TPSA) is 55.1 Å². The van der Waals surface area contributed by atoms with Crippen LogP contribution in [0.25, 0.3) is 0 Å². The van der Waals surface area contributed by atoms with Crippen molar-refractivity contribution in [2.45, 2.75) is 19.9 Å². The summed E-state index contributed by atoms with van der Waals surface area (Å²) in [6.45, 7) is 3.98. The van der Waals surface area contributed by atoms with Crippen molar-refractivity contribution in [3.63, 3.8) is 0 Å². The van der Waals surface area contributed by atoms with Gasteiger partial charge in [-0.15, -0.1) is 0 Å². The van der Waals surface area contributed by atoms with Crippen molar-refractivity contribution in [1.82, 2.24) is 5.32 Å². The number of carbonyl (C=O) groups excluding carboxylic acids is 1. The Morgan fingerprint density at radius 1 is 1.20 bits per heavy atom. The average molecular weight is 289 g/mol. The Labute approximate surface area is 123 Å². The second-order valence-electron chi connectivity index (χ2n) is 4.84. The molecule has 3 N–H and O–H groups in total. The van der Waals surface area contributed by atoms with E-state index in [-0.39, 0.29) is 11.9 Å². The molecule has 2 rings (SSSR count). The first-order valence-corrected chi connectivity index (χ1v) is 6.77. The van der Waals surface area contributed by atoms with Gasteiger partial charge in [0.2, 0.25) is 0 Å². The zero-order valence-electron chi connectivity index (χ0n) is 11.5. The van der Waals surface area contributed by atoms with Crippen molar-refractivity contribution in [1.29, 1.82) is 0 Å². The Kier molecular flexibility index (Phi) is 4.30. The van der Waals surface area contributed by atoms with Gasteiger partial charge in [0.25, 0.3) is 5.91 Å². The van der Waals surface area contributed by atoms with Crippen LogP contribution in [0.5, 0.6) is 0 Å². The minimum atomic E-state index is -0.165. The number of halogens is 1. The lowest BCUT2D eigenvalue weighted by molar-refractivity contribution is 0.0940. The molecule has 4 heteroatoms.